The second-order valence-corrected chi connectivity index (χ2v) is 7.72. The number of carbonyl (C=O) groups is 1. The van der Waals surface area contributed by atoms with Gasteiger partial charge in [0.2, 0.25) is 4.96 Å². The summed E-state index contributed by atoms with van der Waals surface area (Å²) >= 11 is 1.35. The summed E-state index contributed by atoms with van der Waals surface area (Å²) in [6.45, 7) is 6.04. The van der Waals surface area contributed by atoms with Crippen molar-refractivity contribution in [3.63, 3.8) is 0 Å². The number of carbonyl (C=O) groups excluding carboxylic acids is 1. The Hall–Kier alpha value is -3.19. The van der Waals surface area contributed by atoms with Crippen molar-refractivity contribution in [3.05, 3.63) is 71.0 Å². The van der Waals surface area contributed by atoms with Crippen LogP contribution in [0.25, 0.3) is 4.96 Å². The van der Waals surface area contributed by atoms with E-state index in [0.717, 1.165) is 22.2 Å². The van der Waals surface area contributed by atoms with E-state index in [0.29, 0.717) is 16.3 Å². The number of thiazole rings is 1. The number of amides is 1. The molecule has 0 saturated carbocycles. The first-order valence-electron chi connectivity index (χ1n) is 9.01. The van der Waals surface area contributed by atoms with Crippen LogP contribution in [0, 0.1) is 6.92 Å². The molecule has 0 saturated heterocycles. The lowest BCUT2D eigenvalue weighted by Gasteiger charge is -2.08. The quantitative estimate of drug-likeness (QED) is 0.502. The Kier molecular flexibility index (Phi) is 4.83. The van der Waals surface area contributed by atoms with E-state index in [-0.39, 0.29) is 11.8 Å². The van der Waals surface area contributed by atoms with Crippen molar-refractivity contribution in [2.24, 2.45) is 0 Å². The van der Waals surface area contributed by atoms with Crippen molar-refractivity contribution < 1.29 is 9.53 Å². The lowest BCUT2D eigenvalue weighted by molar-refractivity contribution is 0.102. The summed E-state index contributed by atoms with van der Waals surface area (Å²) in [6.07, 6.45) is 0. The highest BCUT2D eigenvalue weighted by atomic mass is 32.1. The Morgan fingerprint density at radius 3 is 2.39 bits per heavy atom. The van der Waals surface area contributed by atoms with E-state index in [1.807, 2.05) is 65.9 Å². The topological polar surface area (TPSA) is 68.5 Å². The van der Waals surface area contributed by atoms with E-state index < -0.39 is 0 Å². The molecule has 28 heavy (non-hydrogen) atoms. The Balaban J connectivity index is 1.51. The lowest BCUT2D eigenvalue weighted by atomic mass is 10.2. The SMILES string of the molecule is Cc1c(C(=O)Nc2ccc(Oc3ccccc3)cc2)sc2nnc(C(C)C)n12. The van der Waals surface area contributed by atoms with Crippen LogP contribution in [0.1, 0.15) is 41.0 Å². The summed E-state index contributed by atoms with van der Waals surface area (Å²) < 4.78 is 7.74. The molecule has 0 bridgehead atoms. The van der Waals surface area contributed by atoms with E-state index in [1.165, 1.54) is 11.3 Å². The van der Waals surface area contributed by atoms with Gasteiger partial charge in [-0.2, -0.15) is 0 Å². The molecule has 0 radical (unpaired) electrons. The number of fused-ring (bicyclic) bond motifs is 1. The van der Waals surface area contributed by atoms with Gasteiger partial charge in [-0.05, 0) is 43.3 Å². The summed E-state index contributed by atoms with van der Waals surface area (Å²) in [5, 5.41) is 11.4. The molecule has 1 amide bonds. The summed E-state index contributed by atoms with van der Waals surface area (Å²) in [6, 6.07) is 16.9. The van der Waals surface area contributed by atoms with Gasteiger partial charge in [-0.15, -0.1) is 10.2 Å². The molecule has 0 spiro atoms. The molecular formula is C21H20N4O2S. The van der Waals surface area contributed by atoms with Gasteiger partial charge in [0.25, 0.3) is 5.91 Å². The molecule has 6 nitrogen and oxygen atoms in total. The molecule has 4 rings (SSSR count). The number of rotatable bonds is 5. The average Bonchev–Trinajstić information content (AvgIpc) is 3.25. The van der Waals surface area contributed by atoms with Gasteiger partial charge < -0.3 is 10.1 Å². The van der Waals surface area contributed by atoms with Crippen molar-refractivity contribution >= 4 is 27.9 Å². The fourth-order valence-electron chi connectivity index (χ4n) is 2.93. The van der Waals surface area contributed by atoms with Gasteiger partial charge in [0.05, 0.1) is 0 Å². The minimum absolute atomic E-state index is 0.153. The predicted octanol–water partition coefficient (Wildman–Crippen LogP) is 5.27. The minimum Gasteiger partial charge on any atom is -0.457 e. The van der Waals surface area contributed by atoms with E-state index in [1.54, 1.807) is 0 Å². The van der Waals surface area contributed by atoms with Crippen LogP contribution in [-0.4, -0.2) is 20.5 Å². The number of aromatic nitrogens is 3. The van der Waals surface area contributed by atoms with Crippen LogP contribution in [0.3, 0.4) is 0 Å². The number of nitrogens with one attached hydrogen (secondary N) is 1. The Morgan fingerprint density at radius 2 is 1.71 bits per heavy atom. The third-order valence-electron chi connectivity index (χ3n) is 4.33. The second kappa shape index (κ2) is 7.44. The molecular weight excluding hydrogens is 372 g/mol. The monoisotopic (exact) mass is 392 g/mol. The molecule has 7 heteroatoms. The number of anilines is 1. The molecule has 0 aliphatic heterocycles. The first-order valence-corrected chi connectivity index (χ1v) is 9.83. The molecule has 0 unspecified atom stereocenters. The normalized spacial score (nSPS) is 11.1. The Bertz CT molecular complexity index is 1110. The van der Waals surface area contributed by atoms with Crippen LogP contribution >= 0.6 is 11.3 Å². The second-order valence-electron chi connectivity index (χ2n) is 6.74. The average molecular weight is 392 g/mol. The van der Waals surface area contributed by atoms with E-state index >= 15 is 0 Å². The zero-order valence-electron chi connectivity index (χ0n) is 15.8. The highest BCUT2D eigenvalue weighted by Gasteiger charge is 2.21. The third-order valence-corrected chi connectivity index (χ3v) is 5.46. The van der Waals surface area contributed by atoms with Crippen molar-refractivity contribution in [1.29, 1.82) is 0 Å². The van der Waals surface area contributed by atoms with Gasteiger partial charge >= 0.3 is 0 Å². The fourth-order valence-corrected chi connectivity index (χ4v) is 3.90. The largest absolute Gasteiger partial charge is 0.457 e. The summed E-state index contributed by atoms with van der Waals surface area (Å²) in [5.74, 6) is 2.43. The van der Waals surface area contributed by atoms with Gasteiger partial charge in [0.1, 0.15) is 22.2 Å². The molecule has 0 aliphatic rings. The lowest BCUT2D eigenvalue weighted by Crippen LogP contribution is -2.12. The molecule has 2 aromatic carbocycles. The zero-order valence-corrected chi connectivity index (χ0v) is 16.7. The molecule has 142 valence electrons. The van der Waals surface area contributed by atoms with Crippen LogP contribution in [0.2, 0.25) is 0 Å². The summed E-state index contributed by atoms with van der Waals surface area (Å²) in [4.78, 5) is 14.1. The van der Waals surface area contributed by atoms with Crippen LogP contribution in [-0.2, 0) is 0 Å². The standard InChI is InChI=1S/C21H20N4O2S/c1-13(2)19-23-24-21-25(19)14(3)18(28-21)20(26)22-15-9-11-17(12-10-15)27-16-7-5-4-6-8-16/h4-13H,1-3H3,(H,22,26). The Morgan fingerprint density at radius 1 is 1.04 bits per heavy atom. The van der Waals surface area contributed by atoms with Gasteiger partial charge in [0.15, 0.2) is 0 Å². The molecule has 2 aromatic heterocycles. The van der Waals surface area contributed by atoms with Gasteiger partial charge in [-0.25, -0.2) is 0 Å². The van der Waals surface area contributed by atoms with Crippen molar-refractivity contribution in [1.82, 2.24) is 14.6 Å². The van der Waals surface area contributed by atoms with Crippen molar-refractivity contribution in [2.45, 2.75) is 26.7 Å². The highest BCUT2D eigenvalue weighted by Crippen LogP contribution is 2.27. The van der Waals surface area contributed by atoms with E-state index in [9.17, 15) is 4.79 Å². The molecule has 0 aliphatic carbocycles. The minimum atomic E-state index is -0.153. The molecule has 0 fully saturated rings. The first-order chi connectivity index (χ1) is 13.5. The predicted molar refractivity (Wildman–Crippen MR) is 111 cm³/mol. The molecule has 4 aromatic rings. The van der Waals surface area contributed by atoms with Crippen molar-refractivity contribution in [2.75, 3.05) is 5.32 Å². The number of hydrogen-bond acceptors (Lipinski definition) is 5. The van der Waals surface area contributed by atoms with Crippen LogP contribution < -0.4 is 10.1 Å². The Labute approximate surface area is 166 Å². The maximum absolute atomic E-state index is 12.8. The van der Waals surface area contributed by atoms with Gasteiger partial charge in [-0.3, -0.25) is 9.20 Å². The van der Waals surface area contributed by atoms with Crippen LogP contribution in [0.5, 0.6) is 11.5 Å². The van der Waals surface area contributed by atoms with Gasteiger partial charge in [-0.1, -0.05) is 43.4 Å². The fraction of sp³-hybridized carbons (Fsp3) is 0.190. The molecule has 2 heterocycles. The third kappa shape index (κ3) is 3.48. The van der Waals surface area contributed by atoms with E-state index in [2.05, 4.69) is 29.4 Å². The maximum Gasteiger partial charge on any atom is 0.267 e. The van der Waals surface area contributed by atoms with Gasteiger partial charge in [0, 0.05) is 17.3 Å². The van der Waals surface area contributed by atoms with Crippen LogP contribution in [0.4, 0.5) is 5.69 Å². The van der Waals surface area contributed by atoms with Crippen molar-refractivity contribution in [3.8, 4) is 11.5 Å². The summed E-state index contributed by atoms with van der Waals surface area (Å²) in [5.41, 5.74) is 1.56. The van der Waals surface area contributed by atoms with Crippen LogP contribution in [0.15, 0.2) is 54.6 Å². The smallest absolute Gasteiger partial charge is 0.267 e. The number of benzene rings is 2. The summed E-state index contributed by atoms with van der Waals surface area (Å²) in [7, 11) is 0. The number of nitrogens with zero attached hydrogens (tertiary/aromatic N) is 3. The maximum atomic E-state index is 12.8. The first kappa shape index (κ1) is 18.2. The number of hydrogen-bond donors (Lipinski definition) is 1. The molecule has 0 atom stereocenters. The number of ether oxygens (including phenoxy) is 1. The zero-order chi connectivity index (χ0) is 19.7. The molecule has 1 N–H and O–H groups in total. The number of para-hydroxylation sites is 1. The highest BCUT2D eigenvalue weighted by molar-refractivity contribution is 7.19. The number of aryl methyl sites for hydroxylation is 1. The van der Waals surface area contributed by atoms with E-state index in [4.69, 9.17) is 4.74 Å².